The molecule has 2 bridgehead atoms. The van der Waals surface area contributed by atoms with Crippen LogP contribution < -0.4 is 4.90 Å². The number of likely N-dealkylation sites (tertiary alicyclic amines) is 1. The van der Waals surface area contributed by atoms with Crippen LogP contribution in [0.15, 0.2) is 0 Å². The van der Waals surface area contributed by atoms with Gasteiger partial charge >= 0.3 is 0 Å². The summed E-state index contributed by atoms with van der Waals surface area (Å²) in [6, 6.07) is 0.710. The van der Waals surface area contributed by atoms with Crippen LogP contribution in [0.3, 0.4) is 0 Å². The van der Waals surface area contributed by atoms with Crippen molar-refractivity contribution in [3.8, 4) is 0 Å². The topological polar surface area (TPSA) is 54.3 Å². The lowest BCUT2D eigenvalue weighted by molar-refractivity contribution is -0.129. The molecule has 2 fully saturated rings. The van der Waals surface area contributed by atoms with Crippen molar-refractivity contribution in [3.63, 3.8) is 0 Å². The van der Waals surface area contributed by atoms with Crippen LogP contribution in [-0.2, 0) is 11.8 Å². The molecular formula is C14H19N5OS. The fourth-order valence-electron chi connectivity index (χ4n) is 3.61. The fraction of sp³-hybridized carbons (Fsp3) is 0.643. The molecule has 2 atom stereocenters. The van der Waals surface area contributed by atoms with Crippen molar-refractivity contribution in [1.29, 1.82) is 0 Å². The molecule has 4 rings (SSSR count). The van der Waals surface area contributed by atoms with Gasteiger partial charge in [-0.15, -0.1) is 0 Å². The summed E-state index contributed by atoms with van der Waals surface area (Å²) in [6.07, 6.45) is 2.85. The van der Waals surface area contributed by atoms with E-state index in [1.54, 1.807) is 11.3 Å². The lowest BCUT2D eigenvalue weighted by atomic mass is 10.1. The highest BCUT2D eigenvalue weighted by atomic mass is 32.1. The second kappa shape index (κ2) is 4.43. The van der Waals surface area contributed by atoms with Crippen LogP contribution in [0.4, 0.5) is 5.13 Å². The zero-order chi connectivity index (χ0) is 14.7. The van der Waals surface area contributed by atoms with Gasteiger partial charge in [0.1, 0.15) is 0 Å². The lowest BCUT2D eigenvalue weighted by Crippen LogP contribution is -2.38. The van der Waals surface area contributed by atoms with Gasteiger partial charge in [0.2, 0.25) is 5.91 Å². The molecule has 2 saturated heterocycles. The molecule has 4 heterocycles. The Morgan fingerprint density at radius 3 is 2.76 bits per heavy atom. The van der Waals surface area contributed by atoms with Crippen LogP contribution in [0, 0.1) is 6.92 Å². The maximum absolute atomic E-state index is 12.1. The number of thiazole rings is 1. The Balaban J connectivity index is 1.77. The highest BCUT2D eigenvalue weighted by molar-refractivity contribution is 7.22. The number of fused-ring (bicyclic) bond motifs is 3. The van der Waals surface area contributed by atoms with Gasteiger partial charge in [-0.05, 0) is 19.8 Å². The Morgan fingerprint density at radius 1 is 1.24 bits per heavy atom. The molecule has 2 aliphatic heterocycles. The molecule has 7 heteroatoms. The van der Waals surface area contributed by atoms with Gasteiger partial charge in [0.05, 0.1) is 10.4 Å². The number of nitrogens with zero attached hydrogens (tertiary/aromatic N) is 5. The van der Waals surface area contributed by atoms with Gasteiger partial charge in [-0.1, -0.05) is 11.3 Å². The van der Waals surface area contributed by atoms with E-state index in [2.05, 4.69) is 10.00 Å². The van der Waals surface area contributed by atoms with Gasteiger partial charge in [-0.3, -0.25) is 4.79 Å². The molecule has 2 aromatic rings. The number of anilines is 1. The van der Waals surface area contributed by atoms with E-state index in [1.165, 1.54) is 0 Å². The molecule has 0 spiro atoms. The number of hydrogen-bond donors (Lipinski definition) is 0. The molecule has 0 aliphatic carbocycles. The molecule has 112 valence electrons. The summed E-state index contributed by atoms with van der Waals surface area (Å²) >= 11 is 1.71. The Bertz CT molecular complexity index is 686. The number of likely N-dealkylation sites (N-methyl/N-ethyl adjacent to an activating group) is 1. The van der Waals surface area contributed by atoms with Gasteiger partial charge in [0.15, 0.2) is 10.8 Å². The highest BCUT2D eigenvalue weighted by Crippen LogP contribution is 2.39. The van der Waals surface area contributed by atoms with Crippen molar-refractivity contribution in [2.75, 3.05) is 18.5 Å². The summed E-state index contributed by atoms with van der Waals surface area (Å²) in [5.41, 5.74) is 1.99. The minimum atomic E-state index is 0.256. The summed E-state index contributed by atoms with van der Waals surface area (Å²) in [4.78, 5) is 21.2. The molecule has 6 nitrogen and oxygen atoms in total. The number of hydrogen-bond acceptors (Lipinski definition) is 5. The quantitative estimate of drug-likeness (QED) is 0.802. The first-order valence-corrected chi connectivity index (χ1v) is 8.18. The normalized spacial score (nSPS) is 26.0. The van der Waals surface area contributed by atoms with E-state index >= 15 is 0 Å². The first-order chi connectivity index (χ1) is 10.0. The second-order valence-electron chi connectivity index (χ2n) is 6.13. The standard InChI is InChI=1S/C14H19N5OS/c1-8-12-13(18(3)16-8)15-14(21-12)19-9-4-5-10(19)7-17(2)11(20)6-9/h9-10H,4-7H2,1-3H3/t9-,10+/m0/s1. The Labute approximate surface area is 127 Å². The largest absolute Gasteiger partial charge is 0.344 e. The molecule has 2 aliphatic rings. The van der Waals surface area contributed by atoms with Crippen LogP contribution in [0.25, 0.3) is 10.3 Å². The van der Waals surface area contributed by atoms with E-state index in [9.17, 15) is 4.79 Å². The summed E-state index contributed by atoms with van der Waals surface area (Å²) in [7, 11) is 3.85. The van der Waals surface area contributed by atoms with Crippen molar-refractivity contribution < 1.29 is 4.79 Å². The summed E-state index contributed by atoms with van der Waals surface area (Å²) in [5.74, 6) is 0.256. The van der Waals surface area contributed by atoms with Crippen molar-refractivity contribution in [1.82, 2.24) is 19.7 Å². The lowest BCUT2D eigenvalue weighted by Gasteiger charge is -2.27. The first kappa shape index (κ1) is 13.1. The minimum absolute atomic E-state index is 0.256. The Kier molecular flexibility index (Phi) is 2.76. The van der Waals surface area contributed by atoms with E-state index in [-0.39, 0.29) is 5.91 Å². The highest BCUT2D eigenvalue weighted by Gasteiger charge is 2.40. The molecule has 0 saturated carbocycles. The second-order valence-corrected chi connectivity index (χ2v) is 7.11. The molecule has 2 aromatic heterocycles. The third-order valence-corrected chi connectivity index (χ3v) is 5.86. The smallest absolute Gasteiger partial charge is 0.224 e. The van der Waals surface area contributed by atoms with Crippen molar-refractivity contribution in [2.45, 2.75) is 38.3 Å². The maximum Gasteiger partial charge on any atom is 0.224 e. The first-order valence-electron chi connectivity index (χ1n) is 7.37. The van der Waals surface area contributed by atoms with Gasteiger partial charge < -0.3 is 9.80 Å². The fourth-order valence-corrected chi connectivity index (χ4v) is 4.79. The van der Waals surface area contributed by atoms with Gasteiger partial charge in [0, 0.05) is 39.1 Å². The summed E-state index contributed by atoms with van der Waals surface area (Å²) in [5, 5.41) is 5.47. The number of aryl methyl sites for hydroxylation is 2. The number of aromatic nitrogens is 3. The third kappa shape index (κ3) is 1.87. The van der Waals surface area contributed by atoms with Crippen LogP contribution in [-0.4, -0.2) is 51.2 Å². The maximum atomic E-state index is 12.1. The predicted molar refractivity (Wildman–Crippen MR) is 82.7 cm³/mol. The van der Waals surface area contributed by atoms with E-state index in [1.807, 2.05) is 30.6 Å². The third-order valence-electron chi connectivity index (χ3n) is 4.69. The van der Waals surface area contributed by atoms with Gasteiger partial charge in [-0.25, -0.2) is 9.67 Å². The van der Waals surface area contributed by atoms with Crippen molar-refractivity contribution in [3.05, 3.63) is 5.69 Å². The molecular weight excluding hydrogens is 286 g/mol. The Hall–Kier alpha value is -1.63. The van der Waals surface area contributed by atoms with Gasteiger partial charge in [0.25, 0.3) is 0 Å². The molecule has 1 amide bonds. The van der Waals surface area contributed by atoms with Crippen molar-refractivity contribution in [2.24, 2.45) is 7.05 Å². The van der Waals surface area contributed by atoms with E-state index in [0.717, 1.165) is 40.6 Å². The van der Waals surface area contributed by atoms with Crippen LogP contribution in [0.5, 0.6) is 0 Å². The predicted octanol–water partition coefficient (Wildman–Crippen LogP) is 1.54. The monoisotopic (exact) mass is 305 g/mol. The molecule has 0 unspecified atom stereocenters. The van der Waals surface area contributed by atoms with E-state index < -0.39 is 0 Å². The number of rotatable bonds is 1. The molecule has 0 N–H and O–H groups in total. The van der Waals surface area contributed by atoms with E-state index in [0.29, 0.717) is 18.5 Å². The molecule has 21 heavy (non-hydrogen) atoms. The Morgan fingerprint density at radius 2 is 2.00 bits per heavy atom. The minimum Gasteiger partial charge on any atom is -0.344 e. The van der Waals surface area contributed by atoms with Crippen LogP contribution in [0.1, 0.15) is 25.0 Å². The summed E-state index contributed by atoms with van der Waals surface area (Å²) in [6.45, 7) is 2.83. The summed E-state index contributed by atoms with van der Waals surface area (Å²) < 4.78 is 3.01. The van der Waals surface area contributed by atoms with E-state index in [4.69, 9.17) is 4.98 Å². The van der Waals surface area contributed by atoms with Gasteiger partial charge in [-0.2, -0.15) is 5.10 Å². The number of carbonyl (C=O) groups excluding carboxylic acids is 1. The van der Waals surface area contributed by atoms with Crippen LogP contribution >= 0.6 is 11.3 Å². The molecule has 0 aromatic carbocycles. The zero-order valence-corrected chi connectivity index (χ0v) is 13.4. The number of carbonyl (C=O) groups is 1. The van der Waals surface area contributed by atoms with Crippen LogP contribution in [0.2, 0.25) is 0 Å². The average molecular weight is 305 g/mol. The zero-order valence-electron chi connectivity index (χ0n) is 12.5. The van der Waals surface area contributed by atoms with Crippen molar-refractivity contribution >= 4 is 32.7 Å². The SMILES string of the molecule is Cc1nn(C)c2nc(N3[C@@H]4CC[C@H]3CC(=O)N(C)C4)sc12. The average Bonchev–Trinajstić information content (AvgIpc) is 3.05. The number of amides is 1. The molecule has 0 radical (unpaired) electrons.